The van der Waals surface area contributed by atoms with Gasteiger partial charge in [0.1, 0.15) is 0 Å². The third-order valence-corrected chi connectivity index (χ3v) is 8.23. The average Bonchev–Trinajstić information content (AvgIpc) is 3.49. The molecule has 4 aliphatic rings. The molecule has 2 aromatic rings. The van der Waals surface area contributed by atoms with Crippen LogP contribution in [0, 0.1) is 23.5 Å². The van der Waals surface area contributed by atoms with E-state index < -0.39 is 0 Å². The molecule has 0 nitrogen and oxygen atoms in total. The minimum atomic E-state index is 0.0340. The summed E-state index contributed by atoms with van der Waals surface area (Å²) in [6.45, 7) is 26.8. The van der Waals surface area contributed by atoms with Crippen LogP contribution in [0.5, 0.6) is 0 Å². The number of hydrogen-bond donors (Lipinski definition) is 0. The predicted molar refractivity (Wildman–Crippen MR) is 168 cm³/mol. The summed E-state index contributed by atoms with van der Waals surface area (Å²) in [5.74, 6) is 0.522. The molecule has 0 amide bonds. The Labute approximate surface area is 253 Å². The third-order valence-electron chi connectivity index (χ3n) is 8.23. The summed E-state index contributed by atoms with van der Waals surface area (Å²) in [4.78, 5) is 0. The molecule has 0 radical (unpaired) electrons. The standard InChI is InChI=1S/C25H25.C10H15.C3H6.Zr/c1-14-12-24(3,4)22-8-16-7-17-9-23-19(15(2)13-25(23,5)6)11-21(17)20(16)10-18(14)22;1-8-5-6-9(7-8)10(2,3)4;1-3-2;/h8-12H,7H2,1-6H3;6-8H,1-4H3;1-2H3;/q2*-1;;+2. The summed E-state index contributed by atoms with van der Waals surface area (Å²) in [6, 6.07) is 9.81. The van der Waals surface area contributed by atoms with Crippen LogP contribution in [0.4, 0.5) is 0 Å². The zero-order valence-corrected chi connectivity index (χ0v) is 28.8. The molecule has 202 valence electrons. The van der Waals surface area contributed by atoms with Gasteiger partial charge in [0.2, 0.25) is 0 Å². The van der Waals surface area contributed by atoms with Gasteiger partial charge in [0.25, 0.3) is 0 Å². The van der Waals surface area contributed by atoms with Crippen LogP contribution in [0.1, 0.15) is 116 Å². The number of fused-ring (bicyclic) bond motifs is 5. The van der Waals surface area contributed by atoms with Crippen molar-refractivity contribution in [1.82, 2.24) is 0 Å². The Morgan fingerprint density at radius 1 is 0.872 bits per heavy atom. The molecule has 6 rings (SSSR count). The maximum absolute atomic E-state index is 3.65. The molecule has 2 aromatic carbocycles. The normalized spacial score (nSPS) is 20.4. The van der Waals surface area contributed by atoms with Crippen molar-refractivity contribution >= 4 is 14.4 Å². The Hall–Kier alpha value is -1.85. The molecule has 0 aromatic heterocycles. The molecule has 1 atom stereocenters. The topological polar surface area (TPSA) is 0 Å². The molecule has 0 saturated heterocycles. The van der Waals surface area contributed by atoms with Gasteiger partial charge in [0, 0.05) is 5.41 Å². The Morgan fingerprint density at radius 3 is 1.90 bits per heavy atom. The summed E-state index contributed by atoms with van der Waals surface area (Å²) < 4.78 is 1.51. The van der Waals surface area contributed by atoms with Gasteiger partial charge in [0.05, 0.1) is 0 Å². The van der Waals surface area contributed by atoms with Gasteiger partial charge in [-0.1, -0.05) is 97.3 Å². The molecule has 0 saturated carbocycles. The van der Waals surface area contributed by atoms with Crippen molar-refractivity contribution in [2.45, 2.75) is 100 Å². The first-order chi connectivity index (χ1) is 17.9. The minimum absolute atomic E-state index is 0.0340. The van der Waals surface area contributed by atoms with Crippen LogP contribution < -0.4 is 0 Å². The molecule has 0 fully saturated rings. The monoisotopic (exact) mass is 592 g/mol. The Morgan fingerprint density at radius 2 is 1.41 bits per heavy atom. The molecule has 0 aliphatic heterocycles. The van der Waals surface area contributed by atoms with Gasteiger partial charge in [-0.25, -0.2) is 11.6 Å². The van der Waals surface area contributed by atoms with E-state index in [4.69, 9.17) is 0 Å². The van der Waals surface area contributed by atoms with Crippen LogP contribution in [0.25, 0.3) is 22.3 Å². The Bertz CT molecular complexity index is 1370. The number of allylic oxidation sites excluding steroid dienone is 8. The second kappa shape index (κ2) is 10.5. The number of rotatable bonds is 0. The van der Waals surface area contributed by atoms with E-state index in [9.17, 15) is 0 Å². The zero-order valence-electron chi connectivity index (χ0n) is 26.3. The molecule has 0 heterocycles. The first kappa shape index (κ1) is 30.1. The van der Waals surface area contributed by atoms with Gasteiger partial charge in [-0.15, -0.1) is 11.6 Å². The van der Waals surface area contributed by atoms with Crippen LogP contribution in [-0.4, -0.2) is 3.21 Å². The molecule has 1 heteroatoms. The van der Waals surface area contributed by atoms with Gasteiger partial charge in [0.15, 0.2) is 0 Å². The van der Waals surface area contributed by atoms with E-state index in [1.54, 1.807) is 24.2 Å². The summed E-state index contributed by atoms with van der Waals surface area (Å²) in [6.07, 6.45) is 14.8. The maximum atomic E-state index is 3.65. The second-order valence-corrected chi connectivity index (χ2v) is 16.6. The number of benzene rings is 2. The Balaban J connectivity index is 0.000000210. The van der Waals surface area contributed by atoms with E-state index >= 15 is 0 Å². The predicted octanol–water partition coefficient (Wildman–Crippen LogP) is 10.2. The SMILES string of the molecule is CC1=[C-]C(C)(C)c2cc3c(cc21)-c1cc2c(cc1C3)C(C)(C)C=C2C.CC1[C-]=CC(C(C)(C)C)=C1.C[C](C)=[Zr+2]. The second-order valence-electron chi connectivity index (χ2n) is 14.2. The van der Waals surface area contributed by atoms with Crippen molar-refractivity contribution in [3.63, 3.8) is 0 Å². The molecule has 39 heavy (non-hydrogen) atoms. The molecule has 0 spiro atoms. The van der Waals surface area contributed by atoms with Crippen molar-refractivity contribution in [1.29, 1.82) is 0 Å². The fraction of sp³-hybridized carbons (Fsp3) is 0.447. The van der Waals surface area contributed by atoms with E-state index in [1.165, 1.54) is 64.4 Å². The quantitative estimate of drug-likeness (QED) is 0.228. The summed E-state index contributed by atoms with van der Waals surface area (Å²) in [7, 11) is 0. The van der Waals surface area contributed by atoms with Gasteiger partial charge < -0.3 is 0 Å². The van der Waals surface area contributed by atoms with Crippen molar-refractivity contribution in [2.75, 3.05) is 0 Å². The fourth-order valence-corrected chi connectivity index (χ4v) is 6.33. The van der Waals surface area contributed by atoms with E-state index in [1.807, 2.05) is 0 Å². The summed E-state index contributed by atoms with van der Waals surface area (Å²) >= 11 is 1.55. The van der Waals surface area contributed by atoms with E-state index in [-0.39, 0.29) is 10.8 Å². The van der Waals surface area contributed by atoms with Crippen LogP contribution >= 0.6 is 0 Å². The zero-order chi connectivity index (χ0) is 29.1. The van der Waals surface area contributed by atoms with Crippen LogP contribution in [0.2, 0.25) is 0 Å². The van der Waals surface area contributed by atoms with E-state index in [0.29, 0.717) is 11.3 Å². The number of hydrogen-bond acceptors (Lipinski definition) is 0. The van der Waals surface area contributed by atoms with Crippen molar-refractivity contribution in [3.8, 4) is 11.1 Å². The third kappa shape index (κ3) is 6.10. The molecule has 0 bridgehead atoms. The van der Waals surface area contributed by atoms with Gasteiger partial charge in [-0.2, -0.15) is 17.2 Å². The Kier molecular flexibility index (Phi) is 8.13. The van der Waals surface area contributed by atoms with Crippen molar-refractivity contribution < 1.29 is 24.2 Å². The first-order valence-corrected chi connectivity index (χ1v) is 15.6. The van der Waals surface area contributed by atoms with Gasteiger partial charge in [-0.3, -0.25) is 12.2 Å². The van der Waals surface area contributed by atoms with Gasteiger partial charge >= 0.3 is 41.3 Å². The average molecular weight is 594 g/mol. The molecular formula is C38H46Zr. The van der Waals surface area contributed by atoms with Crippen molar-refractivity contribution in [3.05, 3.63) is 93.6 Å². The van der Waals surface area contributed by atoms with Crippen molar-refractivity contribution in [2.24, 2.45) is 11.3 Å². The van der Waals surface area contributed by atoms with Crippen LogP contribution in [0.3, 0.4) is 0 Å². The first-order valence-electron chi connectivity index (χ1n) is 14.4. The van der Waals surface area contributed by atoms with Crippen LogP contribution in [0.15, 0.2) is 48.1 Å². The van der Waals surface area contributed by atoms with E-state index in [2.05, 4.69) is 138 Å². The molecule has 0 N–H and O–H groups in total. The fourth-order valence-electron chi connectivity index (χ4n) is 6.33. The summed E-state index contributed by atoms with van der Waals surface area (Å²) in [5.41, 5.74) is 16.3. The molecule has 1 unspecified atom stereocenters. The molecular weight excluding hydrogens is 548 g/mol. The molecule has 4 aliphatic carbocycles. The van der Waals surface area contributed by atoms with E-state index in [0.717, 1.165) is 6.42 Å². The van der Waals surface area contributed by atoms with Crippen LogP contribution in [-0.2, 0) is 41.5 Å². The summed E-state index contributed by atoms with van der Waals surface area (Å²) in [5, 5.41) is 0. The van der Waals surface area contributed by atoms with Gasteiger partial charge in [-0.05, 0) is 58.4 Å².